The molecule has 0 unspecified atom stereocenters. The van der Waals surface area contributed by atoms with Crippen molar-refractivity contribution < 1.29 is 4.52 Å². The Balaban J connectivity index is 3.23. The van der Waals surface area contributed by atoms with Crippen LogP contribution in [0.2, 0.25) is 0 Å². The van der Waals surface area contributed by atoms with Crippen LogP contribution in [0.4, 0.5) is 0 Å². The maximum Gasteiger partial charge on any atom is 0.142 e. The second-order valence-corrected chi connectivity index (χ2v) is 2.32. The van der Waals surface area contributed by atoms with Gasteiger partial charge in [0.1, 0.15) is 5.76 Å². The molecule has 3 nitrogen and oxygen atoms in total. The standard InChI is InChI=1S/C7H10N2O/c1-4(8)7-5(2)9-10-6(7)3/h8H,1-3H3. The van der Waals surface area contributed by atoms with Gasteiger partial charge >= 0.3 is 0 Å². The topological polar surface area (TPSA) is 49.9 Å². The SMILES string of the molecule is CC(=N)c1c(C)noc1C. The number of rotatable bonds is 1. The number of hydrogen-bond donors (Lipinski definition) is 1. The van der Waals surface area contributed by atoms with E-state index in [1.165, 1.54) is 0 Å². The molecule has 1 aromatic rings. The van der Waals surface area contributed by atoms with Gasteiger partial charge in [0.05, 0.1) is 11.3 Å². The minimum Gasteiger partial charge on any atom is -0.361 e. The van der Waals surface area contributed by atoms with Crippen molar-refractivity contribution in [1.29, 1.82) is 5.41 Å². The third kappa shape index (κ3) is 0.943. The quantitative estimate of drug-likeness (QED) is 0.600. The van der Waals surface area contributed by atoms with Gasteiger partial charge in [0, 0.05) is 5.71 Å². The van der Waals surface area contributed by atoms with Crippen molar-refractivity contribution in [3.05, 3.63) is 17.0 Å². The summed E-state index contributed by atoms with van der Waals surface area (Å²) in [6.07, 6.45) is 0. The Hall–Kier alpha value is -1.12. The van der Waals surface area contributed by atoms with Gasteiger partial charge in [0.15, 0.2) is 0 Å². The van der Waals surface area contributed by atoms with Crippen LogP contribution in [0.5, 0.6) is 0 Å². The molecular weight excluding hydrogens is 128 g/mol. The molecule has 0 fully saturated rings. The zero-order valence-corrected chi connectivity index (χ0v) is 6.36. The van der Waals surface area contributed by atoms with Gasteiger partial charge in [-0.1, -0.05) is 5.16 Å². The van der Waals surface area contributed by atoms with Crippen LogP contribution >= 0.6 is 0 Å². The van der Waals surface area contributed by atoms with E-state index in [2.05, 4.69) is 5.16 Å². The van der Waals surface area contributed by atoms with E-state index in [1.807, 2.05) is 13.8 Å². The van der Waals surface area contributed by atoms with E-state index in [-0.39, 0.29) is 0 Å². The summed E-state index contributed by atoms with van der Waals surface area (Å²) in [5.41, 5.74) is 2.14. The lowest BCUT2D eigenvalue weighted by atomic mass is 10.1. The Morgan fingerprint density at radius 3 is 2.30 bits per heavy atom. The van der Waals surface area contributed by atoms with Gasteiger partial charge in [-0.3, -0.25) is 0 Å². The fourth-order valence-corrected chi connectivity index (χ4v) is 1.02. The lowest BCUT2D eigenvalue weighted by Gasteiger charge is -1.91. The first-order chi connectivity index (χ1) is 4.63. The molecule has 0 aromatic carbocycles. The van der Waals surface area contributed by atoms with Crippen LogP contribution in [0.25, 0.3) is 0 Å². The first-order valence-electron chi connectivity index (χ1n) is 3.11. The Morgan fingerprint density at radius 1 is 1.50 bits per heavy atom. The van der Waals surface area contributed by atoms with Crippen molar-refractivity contribution in [2.24, 2.45) is 0 Å². The van der Waals surface area contributed by atoms with Crippen molar-refractivity contribution in [2.75, 3.05) is 0 Å². The smallest absolute Gasteiger partial charge is 0.142 e. The summed E-state index contributed by atoms with van der Waals surface area (Å²) in [5.74, 6) is 0.727. The Morgan fingerprint density at radius 2 is 2.10 bits per heavy atom. The van der Waals surface area contributed by atoms with Crippen LogP contribution in [0, 0.1) is 19.3 Å². The fraction of sp³-hybridized carbons (Fsp3) is 0.429. The third-order valence-corrected chi connectivity index (χ3v) is 1.41. The molecule has 0 atom stereocenters. The van der Waals surface area contributed by atoms with E-state index < -0.39 is 0 Å². The molecule has 0 radical (unpaired) electrons. The minimum absolute atomic E-state index is 0.510. The molecule has 1 heterocycles. The van der Waals surface area contributed by atoms with Gasteiger partial charge < -0.3 is 9.93 Å². The van der Waals surface area contributed by atoms with E-state index >= 15 is 0 Å². The van der Waals surface area contributed by atoms with Gasteiger partial charge in [-0.05, 0) is 20.8 Å². The highest BCUT2D eigenvalue weighted by Gasteiger charge is 2.09. The predicted molar refractivity (Wildman–Crippen MR) is 38.5 cm³/mol. The number of aryl methyl sites for hydroxylation is 2. The molecule has 3 heteroatoms. The minimum atomic E-state index is 0.510. The molecule has 0 aliphatic heterocycles. The lowest BCUT2D eigenvalue weighted by molar-refractivity contribution is 0.393. The van der Waals surface area contributed by atoms with Gasteiger partial charge in [0.25, 0.3) is 0 Å². The van der Waals surface area contributed by atoms with E-state index in [0.29, 0.717) is 5.71 Å². The van der Waals surface area contributed by atoms with Crippen molar-refractivity contribution in [3.8, 4) is 0 Å². The molecule has 10 heavy (non-hydrogen) atoms. The summed E-state index contributed by atoms with van der Waals surface area (Å²) in [7, 11) is 0. The summed E-state index contributed by atoms with van der Waals surface area (Å²) >= 11 is 0. The van der Waals surface area contributed by atoms with Crippen LogP contribution in [0.1, 0.15) is 23.9 Å². The van der Waals surface area contributed by atoms with Gasteiger partial charge in [-0.25, -0.2) is 0 Å². The third-order valence-electron chi connectivity index (χ3n) is 1.41. The molecular formula is C7H10N2O. The average Bonchev–Trinajstić information content (AvgIpc) is 2.11. The van der Waals surface area contributed by atoms with Crippen LogP contribution in [0.3, 0.4) is 0 Å². The van der Waals surface area contributed by atoms with Gasteiger partial charge in [-0.2, -0.15) is 0 Å². The van der Waals surface area contributed by atoms with Crippen molar-refractivity contribution >= 4 is 5.71 Å². The summed E-state index contributed by atoms with van der Waals surface area (Å²) in [4.78, 5) is 0. The van der Waals surface area contributed by atoms with Crippen LogP contribution in [-0.2, 0) is 0 Å². The van der Waals surface area contributed by atoms with E-state index in [4.69, 9.17) is 9.93 Å². The molecule has 0 spiro atoms. The Bertz CT molecular complexity index is 243. The Labute approximate surface area is 59.5 Å². The summed E-state index contributed by atoms with van der Waals surface area (Å²) in [6, 6.07) is 0. The highest BCUT2D eigenvalue weighted by atomic mass is 16.5. The summed E-state index contributed by atoms with van der Waals surface area (Å²) in [5, 5.41) is 11.1. The van der Waals surface area contributed by atoms with Crippen molar-refractivity contribution in [2.45, 2.75) is 20.8 Å². The van der Waals surface area contributed by atoms with Gasteiger partial charge in [0.2, 0.25) is 0 Å². The predicted octanol–water partition coefficient (Wildman–Crippen LogP) is 1.68. The summed E-state index contributed by atoms with van der Waals surface area (Å²) < 4.78 is 4.87. The average molecular weight is 138 g/mol. The zero-order valence-electron chi connectivity index (χ0n) is 6.36. The molecule has 1 aromatic heterocycles. The molecule has 0 bridgehead atoms. The van der Waals surface area contributed by atoms with Crippen LogP contribution in [-0.4, -0.2) is 10.9 Å². The first-order valence-corrected chi connectivity index (χ1v) is 3.11. The zero-order chi connectivity index (χ0) is 7.72. The van der Waals surface area contributed by atoms with E-state index in [9.17, 15) is 0 Å². The maximum atomic E-state index is 7.33. The van der Waals surface area contributed by atoms with Crippen molar-refractivity contribution in [3.63, 3.8) is 0 Å². The van der Waals surface area contributed by atoms with E-state index in [0.717, 1.165) is 17.0 Å². The number of nitrogens with one attached hydrogen (secondary N) is 1. The first kappa shape index (κ1) is 6.99. The highest BCUT2D eigenvalue weighted by Crippen LogP contribution is 2.11. The Kier molecular flexibility index (Phi) is 1.57. The number of hydrogen-bond acceptors (Lipinski definition) is 3. The molecule has 0 aliphatic carbocycles. The maximum absolute atomic E-state index is 7.33. The lowest BCUT2D eigenvalue weighted by Crippen LogP contribution is -1.94. The molecule has 0 saturated carbocycles. The van der Waals surface area contributed by atoms with Gasteiger partial charge in [-0.15, -0.1) is 0 Å². The fourth-order valence-electron chi connectivity index (χ4n) is 1.02. The summed E-state index contributed by atoms with van der Waals surface area (Å²) in [6.45, 7) is 5.38. The van der Waals surface area contributed by atoms with E-state index in [1.54, 1.807) is 6.92 Å². The molecule has 0 aliphatic rings. The second kappa shape index (κ2) is 2.25. The highest BCUT2D eigenvalue weighted by molar-refractivity contribution is 5.97. The second-order valence-electron chi connectivity index (χ2n) is 2.32. The molecule has 54 valence electrons. The van der Waals surface area contributed by atoms with Crippen LogP contribution < -0.4 is 0 Å². The number of nitrogens with zero attached hydrogens (tertiary/aromatic N) is 1. The monoisotopic (exact) mass is 138 g/mol. The molecule has 0 saturated heterocycles. The normalized spacial score (nSPS) is 9.90. The largest absolute Gasteiger partial charge is 0.361 e. The molecule has 1 rings (SSSR count). The van der Waals surface area contributed by atoms with Crippen LogP contribution in [0.15, 0.2) is 4.52 Å². The molecule has 1 N–H and O–H groups in total. The van der Waals surface area contributed by atoms with Crippen molar-refractivity contribution in [1.82, 2.24) is 5.16 Å². The molecule has 0 amide bonds. The number of aromatic nitrogens is 1.